The van der Waals surface area contributed by atoms with E-state index in [-0.39, 0.29) is 17.4 Å². The van der Waals surface area contributed by atoms with Gasteiger partial charge >= 0.3 is 30.1 Å². The van der Waals surface area contributed by atoms with Crippen molar-refractivity contribution in [1.82, 2.24) is 0 Å². The number of amides is 1. The second kappa shape index (κ2) is 23.5. The zero-order valence-corrected chi connectivity index (χ0v) is 37.2. The van der Waals surface area contributed by atoms with Gasteiger partial charge in [0.15, 0.2) is 0 Å². The Labute approximate surface area is 372 Å². The van der Waals surface area contributed by atoms with Crippen LogP contribution in [0.2, 0.25) is 0 Å². The van der Waals surface area contributed by atoms with Gasteiger partial charge in [0.05, 0.1) is 16.7 Å². The summed E-state index contributed by atoms with van der Waals surface area (Å²) in [5.41, 5.74) is 9.19. The second-order valence-corrected chi connectivity index (χ2v) is 15.9. The Hall–Kier alpha value is -6.52. The molecule has 0 unspecified atom stereocenters. The quantitative estimate of drug-likeness (QED) is 0.0630. The molecule has 11 nitrogen and oxygen atoms in total. The number of aromatic carboxylic acids is 2. The summed E-state index contributed by atoms with van der Waals surface area (Å²) in [6.07, 6.45) is -5.08. The highest BCUT2D eigenvalue weighted by atomic mass is 79.9. The number of carbonyl (C=O) groups is 5. The van der Waals surface area contributed by atoms with Crippen LogP contribution in [-0.2, 0) is 9.53 Å². The molecule has 0 atom stereocenters. The van der Waals surface area contributed by atoms with Gasteiger partial charge < -0.3 is 31.1 Å². The van der Waals surface area contributed by atoms with Gasteiger partial charge in [-0.25, -0.2) is 19.2 Å². The molecule has 0 saturated heterocycles. The smallest absolute Gasteiger partial charge is 0.478 e. The number of nitrogens with two attached hydrogens (primary N) is 1. The average Bonchev–Trinajstić information content (AvgIpc) is 3.18. The summed E-state index contributed by atoms with van der Waals surface area (Å²) < 4.78 is 39.0. The van der Waals surface area contributed by atoms with E-state index in [4.69, 9.17) is 30.6 Å². The predicted octanol–water partition coefficient (Wildman–Crippen LogP) is 12.3. The van der Waals surface area contributed by atoms with Crippen molar-refractivity contribution < 1.29 is 57.2 Å². The number of rotatable bonds is 5. The standard InChI is InChI=1S/C22H20BrNO3.C11H9NO2.C7H5BrO2.C4H8.C2HF3O2/c1-22(2,3)27-21(26)18-12-13-19(17-7-5-4-6-16(17)18)24-20(25)14-8-10-15(23)11-9-14;12-10-6-5-9(11(13)14)7-3-1-2-4-8(7)10;8-6-3-1-5(2-4-6)7(9)10;1-4(2)3;3-2(4,5)1(6)7/h4-13H,1-3H3,(H,24,25);1-6H,12H2,(H,13,14);1-4H,(H,9,10);1H2,2-3H3;(H,6,7). The molecule has 0 bridgehead atoms. The molecule has 16 heteroatoms. The van der Waals surface area contributed by atoms with E-state index < -0.39 is 29.7 Å². The third-order valence-corrected chi connectivity index (χ3v) is 8.48. The minimum absolute atomic E-state index is 0.210. The van der Waals surface area contributed by atoms with Gasteiger partial charge in [-0.1, -0.05) is 86.0 Å². The number of carboxylic acid groups (broad SMARTS) is 3. The highest BCUT2D eigenvalue weighted by molar-refractivity contribution is 9.10. The lowest BCUT2D eigenvalue weighted by Crippen LogP contribution is -2.24. The van der Waals surface area contributed by atoms with Crippen LogP contribution in [0, 0.1) is 0 Å². The number of benzene rings is 6. The van der Waals surface area contributed by atoms with Crippen LogP contribution in [0.3, 0.4) is 0 Å². The zero-order chi connectivity index (χ0) is 46.9. The third-order valence-electron chi connectivity index (χ3n) is 7.42. The van der Waals surface area contributed by atoms with Crippen LogP contribution in [0.25, 0.3) is 21.5 Å². The van der Waals surface area contributed by atoms with E-state index in [0.29, 0.717) is 33.5 Å². The van der Waals surface area contributed by atoms with E-state index in [0.717, 1.165) is 25.1 Å². The number of nitrogen functional groups attached to an aromatic ring is 1. The van der Waals surface area contributed by atoms with Gasteiger partial charge in [0.2, 0.25) is 0 Å². The summed E-state index contributed by atoms with van der Waals surface area (Å²) in [7, 11) is 0. The minimum Gasteiger partial charge on any atom is -0.478 e. The number of allylic oxidation sites excluding steroid dienone is 1. The lowest BCUT2D eigenvalue weighted by Gasteiger charge is -2.20. The summed E-state index contributed by atoms with van der Waals surface area (Å²) >= 11 is 6.56. The topological polar surface area (TPSA) is 193 Å². The normalized spacial score (nSPS) is 10.4. The van der Waals surface area contributed by atoms with Crippen LogP contribution in [0.15, 0.2) is 142 Å². The molecule has 0 aliphatic heterocycles. The first-order valence-electron chi connectivity index (χ1n) is 18.1. The molecule has 0 heterocycles. The predicted molar refractivity (Wildman–Crippen MR) is 242 cm³/mol. The molecule has 1 amide bonds. The number of nitrogens with one attached hydrogen (secondary N) is 1. The molecule has 6 aromatic rings. The van der Waals surface area contributed by atoms with Crippen molar-refractivity contribution in [3.8, 4) is 0 Å². The summed E-state index contributed by atoms with van der Waals surface area (Å²) in [6.45, 7) is 13.0. The van der Waals surface area contributed by atoms with Crippen LogP contribution in [0.1, 0.15) is 76.1 Å². The number of fused-ring (bicyclic) bond motifs is 2. The summed E-state index contributed by atoms with van der Waals surface area (Å²) in [6, 6.07) is 34.9. The number of anilines is 2. The first-order chi connectivity index (χ1) is 28.8. The molecule has 0 aromatic heterocycles. The maximum Gasteiger partial charge on any atom is 0.490 e. The van der Waals surface area contributed by atoms with Gasteiger partial charge in [0, 0.05) is 36.7 Å². The number of hydrogen-bond acceptors (Lipinski definition) is 7. The van der Waals surface area contributed by atoms with Gasteiger partial charge in [-0.15, -0.1) is 6.58 Å². The van der Waals surface area contributed by atoms with E-state index >= 15 is 0 Å². The molecular formula is C46H43Br2F3N2O9. The van der Waals surface area contributed by atoms with E-state index in [1.807, 2.05) is 83.1 Å². The number of hydrogen-bond donors (Lipinski definition) is 5. The largest absolute Gasteiger partial charge is 0.490 e. The van der Waals surface area contributed by atoms with Gasteiger partial charge in [-0.3, -0.25) is 4.79 Å². The van der Waals surface area contributed by atoms with E-state index in [9.17, 15) is 32.3 Å². The Morgan fingerprint density at radius 3 is 1.44 bits per heavy atom. The van der Waals surface area contributed by atoms with Crippen molar-refractivity contribution in [1.29, 1.82) is 0 Å². The molecule has 6 N–H and O–H groups in total. The van der Waals surface area contributed by atoms with Crippen molar-refractivity contribution in [3.63, 3.8) is 0 Å². The second-order valence-electron chi connectivity index (χ2n) is 14.0. The fourth-order valence-corrected chi connectivity index (χ4v) is 5.34. The van der Waals surface area contributed by atoms with Gasteiger partial charge in [-0.05, 0) is 118 Å². The molecule has 6 rings (SSSR count). The third kappa shape index (κ3) is 17.2. The van der Waals surface area contributed by atoms with Crippen LogP contribution < -0.4 is 11.1 Å². The SMILES string of the molecule is C=C(C)C.CC(C)(C)OC(=O)c1ccc(NC(=O)c2ccc(Br)cc2)c2ccccc12.Nc1ccc(C(=O)O)c2ccccc12.O=C(O)C(F)(F)F.O=C(O)c1ccc(Br)cc1. The number of esters is 1. The fraction of sp³-hybridized carbons (Fsp3) is 0.152. The Morgan fingerprint density at radius 1 is 0.613 bits per heavy atom. The van der Waals surface area contributed by atoms with Crippen LogP contribution >= 0.6 is 31.9 Å². The molecule has 0 aliphatic carbocycles. The van der Waals surface area contributed by atoms with Crippen LogP contribution in [0.4, 0.5) is 24.5 Å². The number of alkyl halides is 3. The number of halogens is 5. The molecular weight excluding hydrogens is 941 g/mol. The van der Waals surface area contributed by atoms with Crippen LogP contribution in [0.5, 0.6) is 0 Å². The first-order valence-corrected chi connectivity index (χ1v) is 19.6. The Morgan fingerprint density at radius 2 is 1.02 bits per heavy atom. The highest BCUT2D eigenvalue weighted by Crippen LogP contribution is 2.29. The van der Waals surface area contributed by atoms with Crippen molar-refractivity contribution >= 4 is 94.6 Å². The van der Waals surface area contributed by atoms with E-state index in [1.54, 1.807) is 66.7 Å². The fourth-order valence-electron chi connectivity index (χ4n) is 4.82. The number of carboxylic acids is 3. The average molecular weight is 985 g/mol. The molecule has 326 valence electrons. The maximum absolute atomic E-state index is 12.6. The molecule has 6 aromatic carbocycles. The van der Waals surface area contributed by atoms with E-state index in [1.165, 1.54) is 11.6 Å². The summed E-state index contributed by atoms with van der Waals surface area (Å²) in [4.78, 5) is 55.2. The number of ether oxygens (including phenoxy) is 1. The molecule has 0 aliphatic rings. The van der Waals surface area contributed by atoms with Gasteiger partial charge in [-0.2, -0.15) is 13.2 Å². The monoisotopic (exact) mass is 982 g/mol. The number of aliphatic carboxylic acids is 1. The first kappa shape index (κ1) is 51.6. The van der Waals surface area contributed by atoms with E-state index in [2.05, 4.69) is 43.8 Å². The number of carbonyl (C=O) groups excluding carboxylic acids is 2. The lowest BCUT2D eigenvalue weighted by molar-refractivity contribution is -0.192. The zero-order valence-electron chi connectivity index (χ0n) is 34.0. The lowest BCUT2D eigenvalue weighted by atomic mass is 10.0. The Bertz CT molecular complexity index is 2530. The maximum atomic E-state index is 12.6. The molecule has 0 saturated carbocycles. The summed E-state index contributed by atoms with van der Waals surface area (Å²) in [5, 5.41) is 30.4. The minimum atomic E-state index is -5.08. The molecule has 0 radical (unpaired) electrons. The highest BCUT2D eigenvalue weighted by Gasteiger charge is 2.38. The van der Waals surface area contributed by atoms with Gasteiger partial charge in [0.25, 0.3) is 5.91 Å². The van der Waals surface area contributed by atoms with Crippen molar-refractivity contribution in [2.75, 3.05) is 11.1 Å². The van der Waals surface area contributed by atoms with Crippen LogP contribution in [-0.4, -0.2) is 56.9 Å². The van der Waals surface area contributed by atoms with Crippen molar-refractivity contribution in [3.05, 3.63) is 165 Å². The molecule has 0 fully saturated rings. The van der Waals surface area contributed by atoms with Crippen molar-refractivity contribution in [2.45, 2.75) is 46.4 Å². The van der Waals surface area contributed by atoms with Crippen molar-refractivity contribution in [2.24, 2.45) is 0 Å². The Balaban J connectivity index is 0.000000314. The van der Waals surface area contributed by atoms with Gasteiger partial charge in [0.1, 0.15) is 5.60 Å². The summed E-state index contributed by atoms with van der Waals surface area (Å²) in [5.74, 6) is -5.18. The Kier molecular flexibility index (Phi) is 19.5. The molecule has 62 heavy (non-hydrogen) atoms. The molecule has 0 spiro atoms.